The van der Waals surface area contributed by atoms with Crippen molar-refractivity contribution in [1.29, 1.82) is 0 Å². The predicted molar refractivity (Wildman–Crippen MR) is 85.6 cm³/mol. The molecule has 7 heteroatoms. The molecule has 0 fully saturated rings. The molecule has 23 heavy (non-hydrogen) atoms. The fourth-order valence-electron chi connectivity index (χ4n) is 2.11. The zero-order chi connectivity index (χ0) is 17.0. The first-order valence-electron chi connectivity index (χ1n) is 7.03. The van der Waals surface area contributed by atoms with Crippen molar-refractivity contribution in [1.82, 2.24) is 10.3 Å². The predicted octanol–water partition coefficient (Wildman–Crippen LogP) is 2.48. The summed E-state index contributed by atoms with van der Waals surface area (Å²) in [7, 11) is -2.00. The zero-order valence-corrected chi connectivity index (χ0v) is 14.0. The molecule has 0 aliphatic carbocycles. The summed E-state index contributed by atoms with van der Waals surface area (Å²) in [6.07, 6.45) is 2.69. The molecule has 1 atom stereocenters. The number of halogens is 1. The van der Waals surface area contributed by atoms with E-state index in [4.69, 9.17) is 4.74 Å². The van der Waals surface area contributed by atoms with Crippen molar-refractivity contribution < 1.29 is 17.5 Å². The Morgan fingerprint density at radius 2 is 2.04 bits per heavy atom. The molecule has 1 heterocycles. The van der Waals surface area contributed by atoms with Gasteiger partial charge in [0.2, 0.25) is 5.88 Å². The first-order valence-corrected chi connectivity index (χ1v) is 8.92. The number of aromatic nitrogens is 1. The van der Waals surface area contributed by atoms with Gasteiger partial charge in [-0.2, -0.15) is 0 Å². The minimum Gasteiger partial charge on any atom is -0.481 e. The smallest absolute Gasteiger partial charge is 0.212 e. The number of ether oxygens (including phenoxy) is 1. The Balaban J connectivity index is 2.05. The van der Waals surface area contributed by atoms with Gasteiger partial charge in [-0.25, -0.2) is 17.8 Å². The van der Waals surface area contributed by atoms with Gasteiger partial charge in [0, 0.05) is 31.1 Å². The maximum Gasteiger partial charge on any atom is 0.212 e. The van der Waals surface area contributed by atoms with Crippen molar-refractivity contribution in [3.63, 3.8) is 0 Å². The summed E-state index contributed by atoms with van der Waals surface area (Å²) in [5.41, 5.74) is 1.64. The number of methoxy groups -OCH3 is 1. The topological polar surface area (TPSA) is 68.3 Å². The van der Waals surface area contributed by atoms with Gasteiger partial charge in [0.25, 0.3) is 0 Å². The van der Waals surface area contributed by atoms with E-state index in [9.17, 15) is 12.8 Å². The molecule has 5 nitrogen and oxygen atoms in total. The average molecular weight is 338 g/mol. The van der Waals surface area contributed by atoms with Gasteiger partial charge < -0.3 is 10.1 Å². The highest BCUT2D eigenvalue weighted by atomic mass is 32.2. The first-order chi connectivity index (χ1) is 10.8. The van der Waals surface area contributed by atoms with E-state index in [-0.39, 0.29) is 10.9 Å². The summed E-state index contributed by atoms with van der Waals surface area (Å²) in [5.74, 6) is -0.190. The molecule has 0 saturated heterocycles. The van der Waals surface area contributed by atoms with Crippen molar-refractivity contribution in [3.05, 3.63) is 53.5 Å². The molecule has 0 aliphatic heterocycles. The van der Waals surface area contributed by atoms with E-state index < -0.39 is 15.7 Å². The monoisotopic (exact) mass is 338 g/mol. The van der Waals surface area contributed by atoms with Crippen LogP contribution in [-0.4, -0.2) is 26.8 Å². The highest BCUT2D eigenvalue weighted by Crippen LogP contribution is 2.20. The second kappa shape index (κ2) is 7.06. The van der Waals surface area contributed by atoms with Crippen LogP contribution in [0, 0.1) is 5.82 Å². The second-order valence-electron chi connectivity index (χ2n) is 5.27. The Morgan fingerprint density at radius 3 is 2.57 bits per heavy atom. The van der Waals surface area contributed by atoms with Crippen LogP contribution < -0.4 is 10.1 Å². The fraction of sp³-hybridized carbons (Fsp3) is 0.312. The average Bonchev–Trinajstić information content (AvgIpc) is 2.51. The molecular formula is C16H19FN2O3S. The lowest BCUT2D eigenvalue weighted by molar-refractivity contribution is 0.397. The van der Waals surface area contributed by atoms with Gasteiger partial charge in [-0.15, -0.1) is 0 Å². The number of pyridine rings is 1. The minimum atomic E-state index is -3.55. The molecule has 124 valence electrons. The Bertz CT molecular complexity index is 776. The molecular weight excluding hydrogens is 319 g/mol. The zero-order valence-electron chi connectivity index (χ0n) is 13.2. The van der Waals surface area contributed by atoms with Crippen LogP contribution >= 0.6 is 0 Å². The molecule has 0 aliphatic rings. The van der Waals surface area contributed by atoms with E-state index in [1.165, 1.54) is 12.1 Å². The number of nitrogens with zero attached hydrogens (tertiary/aromatic N) is 1. The van der Waals surface area contributed by atoms with Gasteiger partial charge in [-0.05, 0) is 30.2 Å². The Kier molecular flexibility index (Phi) is 5.33. The van der Waals surface area contributed by atoms with Crippen LogP contribution in [0.25, 0.3) is 0 Å². The van der Waals surface area contributed by atoms with E-state index in [0.29, 0.717) is 18.0 Å². The minimum absolute atomic E-state index is 0.139. The normalized spacial score (nSPS) is 12.9. The van der Waals surface area contributed by atoms with Crippen LogP contribution in [0.1, 0.15) is 24.1 Å². The van der Waals surface area contributed by atoms with E-state index >= 15 is 0 Å². The molecule has 2 aromatic rings. The molecule has 0 amide bonds. The van der Waals surface area contributed by atoms with Gasteiger partial charge in [0.15, 0.2) is 9.84 Å². The molecule has 1 aromatic carbocycles. The Morgan fingerprint density at radius 1 is 1.30 bits per heavy atom. The Labute approximate surface area is 135 Å². The third-order valence-corrected chi connectivity index (χ3v) is 4.60. The second-order valence-corrected chi connectivity index (χ2v) is 7.26. The van der Waals surface area contributed by atoms with Crippen LogP contribution in [0.4, 0.5) is 4.39 Å². The van der Waals surface area contributed by atoms with Crippen molar-refractivity contribution in [2.75, 3.05) is 13.4 Å². The quantitative estimate of drug-likeness (QED) is 0.876. The van der Waals surface area contributed by atoms with E-state index in [0.717, 1.165) is 11.8 Å². The molecule has 0 spiro atoms. The summed E-state index contributed by atoms with van der Waals surface area (Å²) >= 11 is 0. The van der Waals surface area contributed by atoms with Gasteiger partial charge in [-0.3, -0.25) is 0 Å². The molecule has 0 saturated carbocycles. The fourth-order valence-corrected chi connectivity index (χ4v) is 2.84. The van der Waals surface area contributed by atoms with Crippen molar-refractivity contribution in [2.45, 2.75) is 24.4 Å². The molecule has 2 rings (SSSR count). The van der Waals surface area contributed by atoms with Crippen molar-refractivity contribution in [3.8, 4) is 5.88 Å². The third-order valence-electron chi connectivity index (χ3n) is 3.47. The highest BCUT2D eigenvalue weighted by molar-refractivity contribution is 7.90. The number of hydrogen-bond acceptors (Lipinski definition) is 5. The number of hydrogen-bond donors (Lipinski definition) is 1. The maximum atomic E-state index is 13.9. The lowest BCUT2D eigenvalue weighted by atomic mass is 10.1. The number of benzene rings is 1. The third kappa shape index (κ3) is 4.49. The number of nitrogens with one attached hydrogen (secondary N) is 1. The summed E-state index contributed by atoms with van der Waals surface area (Å²) in [5, 5.41) is 3.24. The number of rotatable bonds is 6. The van der Waals surface area contributed by atoms with Crippen LogP contribution in [-0.2, 0) is 16.4 Å². The summed E-state index contributed by atoms with van der Waals surface area (Å²) in [6, 6.07) is 7.68. The standard InChI is InChI=1S/C16H19FN2O3S/c1-11(18-9-12-4-7-16(22-2)19-10-12)13-5-6-15(14(17)8-13)23(3,20)21/h4-8,10-11,18H,9H2,1-3H3/t11-/m1/s1. The molecule has 0 unspecified atom stereocenters. The van der Waals surface area contributed by atoms with Crippen LogP contribution in [0.15, 0.2) is 41.4 Å². The van der Waals surface area contributed by atoms with Gasteiger partial charge in [0.1, 0.15) is 10.7 Å². The SMILES string of the molecule is COc1ccc(CN[C@H](C)c2ccc(S(C)(=O)=O)c(F)c2)cn1. The molecule has 0 radical (unpaired) electrons. The van der Waals surface area contributed by atoms with Crippen LogP contribution in [0.3, 0.4) is 0 Å². The van der Waals surface area contributed by atoms with Crippen molar-refractivity contribution >= 4 is 9.84 Å². The van der Waals surface area contributed by atoms with E-state index in [1.54, 1.807) is 25.4 Å². The van der Waals surface area contributed by atoms with E-state index in [1.807, 2.05) is 13.0 Å². The van der Waals surface area contributed by atoms with Crippen LogP contribution in [0.2, 0.25) is 0 Å². The van der Waals surface area contributed by atoms with E-state index in [2.05, 4.69) is 10.3 Å². The van der Waals surface area contributed by atoms with Gasteiger partial charge in [-0.1, -0.05) is 12.1 Å². The summed E-state index contributed by atoms with van der Waals surface area (Å²) in [6.45, 7) is 2.43. The molecule has 0 bridgehead atoms. The maximum absolute atomic E-state index is 13.9. The summed E-state index contributed by atoms with van der Waals surface area (Å²) < 4.78 is 41.8. The lowest BCUT2D eigenvalue weighted by Crippen LogP contribution is -2.18. The first kappa shape index (κ1) is 17.4. The molecule has 1 aromatic heterocycles. The largest absolute Gasteiger partial charge is 0.481 e. The molecule has 1 N–H and O–H groups in total. The number of sulfone groups is 1. The summed E-state index contributed by atoms with van der Waals surface area (Å²) in [4.78, 5) is 3.83. The van der Waals surface area contributed by atoms with Crippen molar-refractivity contribution in [2.24, 2.45) is 0 Å². The lowest BCUT2D eigenvalue weighted by Gasteiger charge is -2.15. The van der Waals surface area contributed by atoms with Gasteiger partial charge >= 0.3 is 0 Å². The highest BCUT2D eigenvalue weighted by Gasteiger charge is 2.15. The Hall–Kier alpha value is -1.99. The van der Waals surface area contributed by atoms with Crippen LogP contribution in [0.5, 0.6) is 5.88 Å². The van der Waals surface area contributed by atoms with Gasteiger partial charge in [0.05, 0.1) is 7.11 Å².